The van der Waals surface area contributed by atoms with E-state index >= 15 is 0 Å². The highest BCUT2D eigenvalue weighted by molar-refractivity contribution is 9.10. The molecule has 2 aromatic heterocycles. The van der Waals surface area contributed by atoms with Gasteiger partial charge in [0, 0.05) is 40.0 Å². The van der Waals surface area contributed by atoms with Gasteiger partial charge >= 0.3 is 5.97 Å². The van der Waals surface area contributed by atoms with Crippen LogP contribution < -0.4 is 0 Å². The molecule has 0 saturated carbocycles. The van der Waals surface area contributed by atoms with Crippen LogP contribution in [0, 0.1) is 0 Å². The molecular weight excluding hydrogens is 404 g/mol. The van der Waals surface area contributed by atoms with Gasteiger partial charge in [0.1, 0.15) is 0 Å². The van der Waals surface area contributed by atoms with Gasteiger partial charge in [-0.05, 0) is 41.5 Å². The van der Waals surface area contributed by atoms with Crippen LogP contribution in [0.3, 0.4) is 0 Å². The highest BCUT2D eigenvalue weighted by Gasteiger charge is 2.07. The first-order valence-electron chi connectivity index (χ1n) is 8.64. The lowest BCUT2D eigenvalue weighted by Gasteiger charge is -2.05. The van der Waals surface area contributed by atoms with Crippen molar-refractivity contribution in [3.63, 3.8) is 0 Å². The zero-order chi connectivity index (χ0) is 19.1. The lowest BCUT2D eigenvalue weighted by atomic mass is 10.0. The fourth-order valence-corrected chi connectivity index (χ4v) is 3.31. The minimum absolute atomic E-state index is 0.188. The first-order chi connectivity index (χ1) is 13.2. The number of carbonyl (C=O) groups excluding carboxylic acids is 1. The summed E-state index contributed by atoms with van der Waals surface area (Å²) in [6.45, 7) is 2.23. The van der Waals surface area contributed by atoms with Crippen molar-refractivity contribution in [1.29, 1.82) is 0 Å². The van der Waals surface area contributed by atoms with Crippen molar-refractivity contribution in [2.45, 2.75) is 13.3 Å². The predicted molar refractivity (Wildman–Crippen MR) is 112 cm³/mol. The average Bonchev–Trinajstić information content (AvgIpc) is 2.69. The van der Waals surface area contributed by atoms with E-state index in [0.717, 1.165) is 20.8 Å². The molecule has 0 unspecified atom stereocenters. The molecule has 2 aromatic carbocycles. The van der Waals surface area contributed by atoms with E-state index in [1.54, 1.807) is 18.6 Å². The number of pyridine rings is 2. The molecule has 0 atom stereocenters. The molecule has 0 aliphatic carbocycles. The first-order valence-corrected chi connectivity index (χ1v) is 9.44. The minimum Gasteiger partial charge on any atom is -0.466 e. The Balaban J connectivity index is 0.000000166. The van der Waals surface area contributed by atoms with Gasteiger partial charge in [-0.2, -0.15) is 0 Å². The molecule has 4 aromatic rings. The number of fused-ring (bicyclic) bond motifs is 2. The number of hydrogen-bond donors (Lipinski definition) is 0. The predicted octanol–water partition coefficient (Wildman–Crippen LogP) is 5.34. The molecule has 0 amide bonds. The molecule has 0 aliphatic rings. The fourth-order valence-electron chi connectivity index (χ4n) is 2.79. The molecule has 0 aliphatic heterocycles. The molecule has 0 spiro atoms. The third-order valence-corrected chi connectivity index (χ3v) is 4.73. The number of aromatic nitrogens is 2. The van der Waals surface area contributed by atoms with Crippen molar-refractivity contribution >= 4 is 43.4 Å². The molecule has 0 fully saturated rings. The van der Waals surface area contributed by atoms with Crippen LogP contribution >= 0.6 is 15.9 Å². The van der Waals surface area contributed by atoms with Crippen molar-refractivity contribution in [2.75, 3.05) is 6.61 Å². The van der Waals surface area contributed by atoms with E-state index in [1.165, 1.54) is 10.8 Å². The standard InChI is InChI=1S/C13H13NO2.C9H6BrN/c1-2-16-13(15)8-10-4-3-5-11-9-14-7-6-12(10)11;10-9-3-1-2-7-6-11-5-4-8(7)9/h3-7,9H,2,8H2,1H3;1-6H. The van der Waals surface area contributed by atoms with E-state index in [-0.39, 0.29) is 5.97 Å². The quantitative estimate of drug-likeness (QED) is 0.418. The van der Waals surface area contributed by atoms with Crippen molar-refractivity contribution in [3.05, 3.63) is 83.4 Å². The normalized spacial score (nSPS) is 10.3. The summed E-state index contributed by atoms with van der Waals surface area (Å²) in [5.74, 6) is -0.188. The van der Waals surface area contributed by atoms with Gasteiger partial charge in [-0.3, -0.25) is 14.8 Å². The van der Waals surface area contributed by atoms with Crippen LogP contribution in [0.1, 0.15) is 12.5 Å². The Morgan fingerprint density at radius 1 is 0.926 bits per heavy atom. The summed E-state index contributed by atoms with van der Waals surface area (Å²) >= 11 is 3.47. The van der Waals surface area contributed by atoms with Gasteiger partial charge in [0.05, 0.1) is 13.0 Å². The highest BCUT2D eigenvalue weighted by Crippen LogP contribution is 2.22. The molecule has 2 heterocycles. The molecule has 0 bridgehead atoms. The molecule has 136 valence electrons. The topological polar surface area (TPSA) is 52.1 Å². The Morgan fingerprint density at radius 2 is 1.56 bits per heavy atom. The SMILES string of the molecule is Brc1cccc2cnccc12.CCOC(=O)Cc1cccc2cnccc12. The first kappa shape index (κ1) is 19.0. The van der Waals surface area contributed by atoms with Gasteiger partial charge in [0.2, 0.25) is 0 Å². The number of esters is 1. The summed E-state index contributed by atoms with van der Waals surface area (Å²) in [4.78, 5) is 19.5. The minimum atomic E-state index is -0.188. The Morgan fingerprint density at radius 3 is 2.22 bits per heavy atom. The number of ether oxygens (including phenoxy) is 1. The second-order valence-electron chi connectivity index (χ2n) is 5.83. The Bertz CT molecular complexity index is 1060. The van der Waals surface area contributed by atoms with Crippen molar-refractivity contribution in [2.24, 2.45) is 0 Å². The second kappa shape index (κ2) is 9.24. The number of rotatable bonds is 3. The van der Waals surface area contributed by atoms with Crippen LogP contribution in [-0.2, 0) is 16.0 Å². The van der Waals surface area contributed by atoms with Gasteiger partial charge in [-0.1, -0.05) is 46.3 Å². The Hall–Kier alpha value is -2.79. The van der Waals surface area contributed by atoms with E-state index in [9.17, 15) is 4.79 Å². The van der Waals surface area contributed by atoms with Crippen LogP contribution in [0.4, 0.5) is 0 Å². The molecule has 4 nitrogen and oxygen atoms in total. The van der Waals surface area contributed by atoms with Crippen molar-refractivity contribution < 1.29 is 9.53 Å². The van der Waals surface area contributed by atoms with E-state index < -0.39 is 0 Å². The fraction of sp³-hybridized carbons (Fsp3) is 0.136. The van der Waals surface area contributed by atoms with Crippen LogP contribution in [0.15, 0.2) is 77.8 Å². The Labute approximate surface area is 166 Å². The van der Waals surface area contributed by atoms with Crippen LogP contribution in [0.25, 0.3) is 21.5 Å². The Kier molecular flexibility index (Phi) is 6.49. The molecule has 27 heavy (non-hydrogen) atoms. The van der Waals surface area contributed by atoms with Crippen molar-refractivity contribution in [3.8, 4) is 0 Å². The molecular formula is C22H19BrN2O2. The lowest BCUT2D eigenvalue weighted by molar-refractivity contribution is -0.142. The number of nitrogens with zero attached hydrogens (tertiary/aromatic N) is 2. The van der Waals surface area contributed by atoms with E-state index in [4.69, 9.17) is 4.74 Å². The maximum absolute atomic E-state index is 11.4. The van der Waals surface area contributed by atoms with Crippen molar-refractivity contribution in [1.82, 2.24) is 9.97 Å². The van der Waals surface area contributed by atoms with Gasteiger partial charge < -0.3 is 4.74 Å². The van der Waals surface area contributed by atoms with Crippen LogP contribution in [0.5, 0.6) is 0 Å². The zero-order valence-corrected chi connectivity index (χ0v) is 16.5. The summed E-state index contributed by atoms with van der Waals surface area (Å²) < 4.78 is 6.06. The summed E-state index contributed by atoms with van der Waals surface area (Å²) in [5, 5.41) is 4.49. The maximum atomic E-state index is 11.4. The smallest absolute Gasteiger partial charge is 0.310 e. The highest BCUT2D eigenvalue weighted by atomic mass is 79.9. The zero-order valence-electron chi connectivity index (χ0n) is 14.9. The number of benzene rings is 2. The molecule has 4 rings (SSSR count). The van der Waals surface area contributed by atoms with E-state index in [2.05, 4.69) is 25.9 Å². The number of halogens is 1. The monoisotopic (exact) mass is 422 g/mol. The summed E-state index contributed by atoms with van der Waals surface area (Å²) in [5.41, 5.74) is 0.985. The molecule has 5 heteroatoms. The summed E-state index contributed by atoms with van der Waals surface area (Å²) in [6.07, 6.45) is 7.50. The second-order valence-corrected chi connectivity index (χ2v) is 6.69. The average molecular weight is 423 g/mol. The number of hydrogen-bond acceptors (Lipinski definition) is 4. The van der Waals surface area contributed by atoms with Gasteiger partial charge in [0.25, 0.3) is 0 Å². The molecule has 0 N–H and O–H groups in total. The van der Waals surface area contributed by atoms with Gasteiger partial charge in [0.15, 0.2) is 0 Å². The van der Waals surface area contributed by atoms with E-state index in [0.29, 0.717) is 13.0 Å². The van der Waals surface area contributed by atoms with Gasteiger partial charge in [-0.15, -0.1) is 0 Å². The van der Waals surface area contributed by atoms with Crippen LogP contribution in [0.2, 0.25) is 0 Å². The molecule has 0 radical (unpaired) electrons. The summed E-state index contributed by atoms with van der Waals surface area (Å²) in [7, 11) is 0. The van der Waals surface area contributed by atoms with E-state index in [1.807, 2.05) is 61.7 Å². The van der Waals surface area contributed by atoms with Gasteiger partial charge in [-0.25, -0.2) is 0 Å². The largest absolute Gasteiger partial charge is 0.466 e. The maximum Gasteiger partial charge on any atom is 0.310 e. The third-order valence-electron chi connectivity index (χ3n) is 4.04. The third kappa shape index (κ3) is 4.89. The molecule has 0 saturated heterocycles. The lowest BCUT2D eigenvalue weighted by Crippen LogP contribution is -2.07. The number of carbonyl (C=O) groups is 1. The summed E-state index contributed by atoms with van der Waals surface area (Å²) in [6, 6.07) is 15.9. The van der Waals surface area contributed by atoms with Crippen LogP contribution in [-0.4, -0.2) is 22.5 Å².